The summed E-state index contributed by atoms with van der Waals surface area (Å²) in [6.07, 6.45) is -4.53. The fourth-order valence-corrected chi connectivity index (χ4v) is 2.23. The monoisotopic (exact) mass is 364 g/mol. The number of ether oxygens (including phenoxy) is 1. The van der Waals surface area contributed by atoms with Crippen molar-refractivity contribution in [2.24, 2.45) is 0 Å². The molecule has 2 N–H and O–H groups in total. The van der Waals surface area contributed by atoms with Gasteiger partial charge in [0, 0.05) is 10.6 Å². The summed E-state index contributed by atoms with van der Waals surface area (Å²) in [5, 5.41) is 3.07. The van der Waals surface area contributed by atoms with Gasteiger partial charge in [-0.2, -0.15) is 13.2 Å². The summed E-state index contributed by atoms with van der Waals surface area (Å²) in [4.78, 5) is 34.6. The number of carbonyl (C=O) groups excluding carboxylic acids is 3. The highest BCUT2D eigenvalue weighted by atomic mass is 32.2. The van der Waals surface area contributed by atoms with E-state index >= 15 is 0 Å². The van der Waals surface area contributed by atoms with Gasteiger partial charge in [0.05, 0.1) is 6.42 Å². The van der Waals surface area contributed by atoms with Crippen LogP contribution >= 0.6 is 11.8 Å². The highest BCUT2D eigenvalue weighted by Gasteiger charge is 2.28. The van der Waals surface area contributed by atoms with Crippen LogP contribution in [0.15, 0.2) is 35.2 Å². The van der Waals surface area contributed by atoms with E-state index in [9.17, 15) is 27.6 Å². The third-order valence-electron chi connectivity index (χ3n) is 2.38. The maximum Gasteiger partial charge on any atom is 0.405 e. The molecule has 0 fully saturated rings. The Labute approximate surface area is 140 Å². The van der Waals surface area contributed by atoms with Crippen molar-refractivity contribution in [2.45, 2.75) is 17.5 Å². The normalized spacial score (nSPS) is 10.8. The first-order valence-electron chi connectivity index (χ1n) is 6.74. The zero-order valence-corrected chi connectivity index (χ0v) is 13.2. The van der Waals surface area contributed by atoms with E-state index in [1.54, 1.807) is 5.32 Å². The van der Waals surface area contributed by atoms with Gasteiger partial charge in [0.25, 0.3) is 5.91 Å². The Kier molecular flexibility index (Phi) is 8.10. The Morgan fingerprint density at radius 1 is 1.12 bits per heavy atom. The van der Waals surface area contributed by atoms with Crippen molar-refractivity contribution in [3.8, 4) is 0 Å². The van der Waals surface area contributed by atoms with E-state index in [2.05, 4.69) is 4.74 Å². The van der Waals surface area contributed by atoms with Crippen LogP contribution in [0.3, 0.4) is 0 Å². The standard InChI is InChI=1S/C14H15F3N2O4S/c15-14(16,17)9-18-13(22)19-11(20)8-23-12(21)6-7-24-10-4-2-1-3-5-10/h1-5H,6-9H2,(H2,18,19,20,22). The topological polar surface area (TPSA) is 84.5 Å². The van der Waals surface area contributed by atoms with E-state index < -0.39 is 37.2 Å². The number of nitrogens with one attached hydrogen (secondary N) is 2. The number of amides is 3. The highest BCUT2D eigenvalue weighted by molar-refractivity contribution is 7.99. The van der Waals surface area contributed by atoms with Crippen molar-refractivity contribution in [1.29, 1.82) is 0 Å². The Bertz CT molecular complexity index is 567. The SMILES string of the molecule is O=C(COC(=O)CCSc1ccccc1)NC(=O)NCC(F)(F)F. The second-order valence-corrected chi connectivity index (χ2v) is 5.59. The van der Waals surface area contributed by atoms with Gasteiger partial charge in [-0.25, -0.2) is 4.79 Å². The van der Waals surface area contributed by atoms with E-state index in [-0.39, 0.29) is 6.42 Å². The summed E-state index contributed by atoms with van der Waals surface area (Å²) in [5.41, 5.74) is 0. The van der Waals surface area contributed by atoms with Crippen LogP contribution in [0.4, 0.5) is 18.0 Å². The van der Waals surface area contributed by atoms with Crippen molar-refractivity contribution >= 4 is 29.7 Å². The summed E-state index contributed by atoms with van der Waals surface area (Å²) in [6.45, 7) is -2.31. The van der Waals surface area contributed by atoms with Gasteiger partial charge in [0.1, 0.15) is 6.54 Å². The molecular formula is C14H15F3N2O4S. The van der Waals surface area contributed by atoms with Gasteiger partial charge >= 0.3 is 18.2 Å². The minimum Gasteiger partial charge on any atom is -0.456 e. The lowest BCUT2D eigenvalue weighted by Crippen LogP contribution is -2.44. The number of urea groups is 1. The molecular weight excluding hydrogens is 349 g/mol. The molecule has 132 valence electrons. The molecule has 0 aliphatic rings. The van der Waals surface area contributed by atoms with Crippen LogP contribution in [0, 0.1) is 0 Å². The summed E-state index contributed by atoms with van der Waals surface area (Å²) in [5.74, 6) is -1.22. The summed E-state index contributed by atoms with van der Waals surface area (Å²) < 4.78 is 40.2. The average molecular weight is 364 g/mol. The van der Waals surface area contributed by atoms with Crippen molar-refractivity contribution < 1.29 is 32.3 Å². The Balaban J connectivity index is 2.15. The maximum atomic E-state index is 11.8. The van der Waals surface area contributed by atoms with E-state index in [1.807, 2.05) is 30.3 Å². The number of halogens is 3. The van der Waals surface area contributed by atoms with Gasteiger partial charge in [-0.15, -0.1) is 11.8 Å². The predicted molar refractivity (Wildman–Crippen MR) is 80.3 cm³/mol. The van der Waals surface area contributed by atoms with Crippen LogP contribution in [-0.4, -0.2) is 43.0 Å². The van der Waals surface area contributed by atoms with Crippen LogP contribution in [0.5, 0.6) is 0 Å². The van der Waals surface area contributed by atoms with Crippen LogP contribution < -0.4 is 10.6 Å². The molecule has 0 saturated heterocycles. The number of imide groups is 1. The average Bonchev–Trinajstić information content (AvgIpc) is 2.51. The number of esters is 1. The summed E-state index contributed by atoms with van der Waals surface area (Å²) in [7, 11) is 0. The molecule has 3 amide bonds. The van der Waals surface area contributed by atoms with Crippen molar-refractivity contribution in [2.75, 3.05) is 18.9 Å². The van der Waals surface area contributed by atoms with Gasteiger partial charge in [0.15, 0.2) is 6.61 Å². The number of carbonyl (C=O) groups is 3. The molecule has 6 nitrogen and oxygen atoms in total. The molecule has 0 heterocycles. The van der Waals surface area contributed by atoms with Gasteiger partial charge in [-0.05, 0) is 12.1 Å². The van der Waals surface area contributed by atoms with E-state index in [4.69, 9.17) is 0 Å². The fraction of sp³-hybridized carbons (Fsp3) is 0.357. The molecule has 0 aliphatic carbocycles. The third-order valence-corrected chi connectivity index (χ3v) is 3.40. The van der Waals surface area contributed by atoms with Crippen LogP contribution in [-0.2, 0) is 14.3 Å². The van der Waals surface area contributed by atoms with Crippen molar-refractivity contribution in [3.05, 3.63) is 30.3 Å². The zero-order chi connectivity index (χ0) is 18.0. The number of thioether (sulfide) groups is 1. The number of alkyl halides is 3. The molecule has 0 aliphatic heterocycles. The molecule has 24 heavy (non-hydrogen) atoms. The van der Waals surface area contributed by atoms with E-state index in [0.29, 0.717) is 5.75 Å². The zero-order valence-electron chi connectivity index (χ0n) is 12.4. The molecule has 0 bridgehead atoms. The molecule has 0 aromatic heterocycles. The van der Waals surface area contributed by atoms with Crippen LogP contribution in [0.25, 0.3) is 0 Å². The maximum absolute atomic E-state index is 11.8. The molecule has 0 saturated carbocycles. The first-order chi connectivity index (χ1) is 11.3. The molecule has 0 radical (unpaired) electrons. The van der Waals surface area contributed by atoms with E-state index in [1.165, 1.54) is 17.1 Å². The van der Waals surface area contributed by atoms with Gasteiger partial charge in [-0.1, -0.05) is 18.2 Å². The summed E-state index contributed by atoms with van der Waals surface area (Å²) in [6, 6.07) is 8.02. The Morgan fingerprint density at radius 3 is 2.42 bits per heavy atom. The smallest absolute Gasteiger partial charge is 0.405 e. The lowest BCUT2D eigenvalue weighted by molar-refractivity contribution is -0.147. The highest BCUT2D eigenvalue weighted by Crippen LogP contribution is 2.17. The molecule has 1 rings (SSSR count). The van der Waals surface area contributed by atoms with Gasteiger partial charge < -0.3 is 10.1 Å². The Hall–Kier alpha value is -2.23. The molecule has 0 atom stereocenters. The minimum absolute atomic E-state index is 0.0487. The molecule has 1 aromatic rings. The van der Waals surface area contributed by atoms with Crippen molar-refractivity contribution in [3.63, 3.8) is 0 Å². The lowest BCUT2D eigenvalue weighted by atomic mass is 10.4. The number of hydrogen-bond acceptors (Lipinski definition) is 5. The largest absolute Gasteiger partial charge is 0.456 e. The molecule has 10 heteroatoms. The summed E-state index contributed by atoms with van der Waals surface area (Å²) >= 11 is 1.43. The first-order valence-corrected chi connectivity index (χ1v) is 7.73. The second-order valence-electron chi connectivity index (χ2n) is 4.42. The minimum atomic E-state index is -4.58. The van der Waals surface area contributed by atoms with Gasteiger partial charge in [-0.3, -0.25) is 14.9 Å². The van der Waals surface area contributed by atoms with Crippen LogP contribution in [0.1, 0.15) is 6.42 Å². The van der Waals surface area contributed by atoms with Crippen molar-refractivity contribution in [1.82, 2.24) is 10.6 Å². The van der Waals surface area contributed by atoms with E-state index in [0.717, 1.165) is 4.90 Å². The lowest BCUT2D eigenvalue weighted by Gasteiger charge is -2.09. The van der Waals surface area contributed by atoms with Gasteiger partial charge in [0.2, 0.25) is 0 Å². The number of hydrogen-bond donors (Lipinski definition) is 2. The third kappa shape index (κ3) is 9.72. The first kappa shape index (κ1) is 19.8. The predicted octanol–water partition coefficient (Wildman–Crippen LogP) is 2.10. The molecule has 0 spiro atoms. The molecule has 0 unspecified atom stereocenters. The number of benzene rings is 1. The Morgan fingerprint density at radius 2 is 1.79 bits per heavy atom. The van der Waals surface area contributed by atoms with Crippen LogP contribution in [0.2, 0.25) is 0 Å². The fourth-order valence-electron chi connectivity index (χ4n) is 1.37. The quantitative estimate of drug-likeness (QED) is 0.572. The second kappa shape index (κ2) is 9.81. The number of rotatable bonds is 7. The molecule has 1 aromatic carbocycles.